The van der Waals surface area contributed by atoms with Crippen molar-refractivity contribution in [1.82, 2.24) is 10.2 Å². The van der Waals surface area contributed by atoms with Gasteiger partial charge in [-0.15, -0.1) is 0 Å². The summed E-state index contributed by atoms with van der Waals surface area (Å²) in [5.41, 5.74) is 0.286. The lowest BCUT2D eigenvalue weighted by atomic mass is 9.86. The van der Waals surface area contributed by atoms with E-state index in [0.717, 1.165) is 5.56 Å². The molecule has 142 valence electrons. The first-order valence-corrected chi connectivity index (χ1v) is 8.80. The van der Waals surface area contributed by atoms with Gasteiger partial charge in [-0.1, -0.05) is 30.3 Å². The van der Waals surface area contributed by atoms with Crippen LogP contribution in [0.15, 0.2) is 30.3 Å². The third kappa shape index (κ3) is 6.15. The highest BCUT2D eigenvalue weighted by molar-refractivity contribution is 5.84. The average Bonchev–Trinajstić information content (AvgIpc) is 2.59. The number of carbonyl (C=O) groups excluding carboxylic acids is 2. The summed E-state index contributed by atoms with van der Waals surface area (Å²) < 4.78 is 5.29. The van der Waals surface area contributed by atoms with Crippen LogP contribution in [0.5, 0.6) is 0 Å². The highest BCUT2D eigenvalue weighted by Crippen LogP contribution is 2.24. The number of rotatable bonds is 8. The van der Waals surface area contributed by atoms with E-state index >= 15 is 0 Å². The molecule has 0 saturated carbocycles. The van der Waals surface area contributed by atoms with E-state index in [-0.39, 0.29) is 24.8 Å². The maximum Gasteiger partial charge on any atom is 0.305 e. The van der Waals surface area contributed by atoms with Gasteiger partial charge in [-0.3, -0.25) is 14.4 Å². The van der Waals surface area contributed by atoms with Crippen molar-refractivity contribution in [2.24, 2.45) is 0 Å². The Morgan fingerprint density at radius 2 is 1.85 bits per heavy atom. The van der Waals surface area contributed by atoms with Crippen LogP contribution in [0.25, 0.3) is 0 Å². The Balaban J connectivity index is 1.95. The minimum Gasteiger partial charge on any atom is -0.481 e. The van der Waals surface area contributed by atoms with Crippen LogP contribution in [0.1, 0.15) is 31.7 Å². The number of ether oxygens (including phenoxy) is 1. The van der Waals surface area contributed by atoms with Gasteiger partial charge in [-0.25, -0.2) is 0 Å². The molecule has 2 amide bonds. The van der Waals surface area contributed by atoms with Crippen molar-refractivity contribution in [1.29, 1.82) is 0 Å². The van der Waals surface area contributed by atoms with Crippen molar-refractivity contribution >= 4 is 17.8 Å². The second kappa shape index (κ2) is 9.33. The lowest BCUT2D eigenvalue weighted by Gasteiger charge is -2.37. The molecular formula is C19H26N2O5. The van der Waals surface area contributed by atoms with Crippen molar-refractivity contribution < 1.29 is 24.2 Å². The van der Waals surface area contributed by atoms with E-state index in [1.165, 1.54) is 11.8 Å². The van der Waals surface area contributed by atoms with Gasteiger partial charge >= 0.3 is 5.97 Å². The molecule has 0 unspecified atom stereocenters. The number of carboxylic acid groups (broad SMARTS) is 1. The fourth-order valence-corrected chi connectivity index (χ4v) is 3.16. The summed E-state index contributed by atoms with van der Waals surface area (Å²) in [7, 11) is 0. The van der Waals surface area contributed by atoms with Crippen LogP contribution in [0, 0.1) is 0 Å². The molecule has 0 bridgehead atoms. The number of nitrogens with one attached hydrogen (secondary N) is 1. The van der Waals surface area contributed by atoms with Gasteiger partial charge in [0, 0.05) is 26.7 Å². The third-order valence-electron chi connectivity index (χ3n) is 4.64. The van der Waals surface area contributed by atoms with Gasteiger partial charge in [0.1, 0.15) is 0 Å². The van der Waals surface area contributed by atoms with E-state index in [1.807, 2.05) is 30.3 Å². The van der Waals surface area contributed by atoms with Crippen LogP contribution in [0.4, 0.5) is 0 Å². The van der Waals surface area contributed by atoms with Crippen LogP contribution in [-0.2, 0) is 25.5 Å². The van der Waals surface area contributed by atoms with Gasteiger partial charge in [0.15, 0.2) is 0 Å². The van der Waals surface area contributed by atoms with Gasteiger partial charge < -0.3 is 20.1 Å². The summed E-state index contributed by atoms with van der Waals surface area (Å²) in [6.45, 7) is 2.61. The Labute approximate surface area is 153 Å². The van der Waals surface area contributed by atoms with Crippen LogP contribution in [0.2, 0.25) is 0 Å². The van der Waals surface area contributed by atoms with Crippen molar-refractivity contribution in [3.63, 3.8) is 0 Å². The molecule has 0 aliphatic carbocycles. The molecule has 1 aromatic rings. The molecule has 1 saturated heterocycles. The first kappa shape index (κ1) is 19.9. The number of hydrogen-bond acceptors (Lipinski definition) is 4. The average molecular weight is 362 g/mol. The molecule has 1 aliphatic rings. The molecule has 1 aliphatic heterocycles. The zero-order valence-electron chi connectivity index (χ0n) is 15.1. The lowest BCUT2D eigenvalue weighted by Crippen LogP contribution is -2.55. The zero-order valence-corrected chi connectivity index (χ0v) is 15.1. The molecule has 0 aromatic heterocycles. The Morgan fingerprint density at radius 3 is 2.42 bits per heavy atom. The van der Waals surface area contributed by atoms with Crippen molar-refractivity contribution in [3.05, 3.63) is 35.9 Å². The SMILES string of the molecule is CC(=O)N(CCc1ccccc1)CC(=O)NC1(CC(=O)O)CCOCC1. The normalized spacial score (nSPS) is 15.9. The van der Waals surface area contributed by atoms with E-state index in [1.54, 1.807) is 0 Å². The Bertz CT molecular complexity index is 626. The summed E-state index contributed by atoms with van der Waals surface area (Å²) >= 11 is 0. The highest BCUT2D eigenvalue weighted by Gasteiger charge is 2.36. The number of nitrogens with zero attached hydrogens (tertiary/aromatic N) is 1. The lowest BCUT2D eigenvalue weighted by molar-refractivity contribution is -0.141. The summed E-state index contributed by atoms with van der Waals surface area (Å²) in [4.78, 5) is 37.0. The van der Waals surface area contributed by atoms with Gasteiger partial charge in [0.2, 0.25) is 11.8 Å². The van der Waals surface area contributed by atoms with Crippen LogP contribution in [-0.4, -0.2) is 59.6 Å². The van der Waals surface area contributed by atoms with Gasteiger partial charge in [0.05, 0.1) is 18.5 Å². The van der Waals surface area contributed by atoms with Crippen molar-refractivity contribution in [2.45, 2.75) is 38.1 Å². The highest BCUT2D eigenvalue weighted by atomic mass is 16.5. The minimum atomic E-state index is -0.959. The molecule has 1 fully saturated rings. The van der Waals surface area contributed by atoms with Gasteiger partial charge in [-0.05, 0) is 24.8 Å². The Morgan fingerprint density at radius 1 is 1.19 bits per heavy atom. The fraction of sp³-hybridized carbons (Fsp3) is 0.526. The summed E-state index contributed by atoms with van der Waals surface area (Å²) in [6.07, 6.45) is 1.41. The topological polar surface area (TPSA) is 95.9 Å². The van der Waals surface area contributed by atoms with Crippen LogP contribution >= 0.6 is 0 Å². The summed E-state index contributed by atoms with van der Waals surface area (Å²) in [5.74, 6) is -1.48. The van der Waals surface area contributed by atoms with E-state index < -0.39 is 11.5 Å². The second-order valence-corrected chi connectivity index (χ2v) is 6.69. The number of benzene rings is 1. The van der Waals surface area contributed by atoms with E-state index in [4.69, 9.17) is 9.84 Å². The smallest absolute Gasteiger partial charge is 0.305 e. The molecule has 1 heterocycles. The standard InChI is InChI=1S/C19H26N2O5/c1-15(22)21(10-7-16-5-3-2-4-6-16)14-17(23)20-19(13-18(24)25)8-11-26-12-9-19/h2-6H,7-14H2,1H3,(H,20,23)(H,24,25). The molecule has 1 aromatic carbocycles. The number of amides is 2. The molecule has 0 atom stereocenters. The van der Waals surface area contributed by atoms with Crippen molar-refractivity contribution in [2.75, 3.05) is 26.3 Å². The Kier molecular flexibility index (Phi) is 7.15. The number of carbonyl (C=O) groups is 3. The molecule has 0 radical (unpaired) electrons. The van der Waals surface area contributed by atoms with Crippen LogP contribution in [0.3, 0.4) is 0 Å². The first-order valence-electron chi connectivity index (χ1n) is 8.80. The second-order valence-electron chi connectivity index (χ2n) is 6.69. The summed E-state index contributed by atoms with van der Waals surface area (Å²) in [5, 5.41) is 12.0. The molecule has 2 N–H and O–H groups in total. The van der Waals surface area contributed by atoms with E-state index in [0.29, 0.717) is 39.0 Å². The van der Waals surface area contributed by atoms with Crippen molar-refractivity contribution in [3.8, 4) is 0 Å². The third-order valence-corrected chi connectivity index (χ3v) is 4.64. The largest absolute Gasteiger partial charge is 0.481 e. The molecule has 7 heteroatoms. The minimum absolute atomic E-state index is 0.0790. The zero-order chi connectivity index (χ0) is 19.0. The van der Waals surface area contributed by atoms with Gasteiger partial charge in [0.25, 0.3) is 0 Å². The number of carboxylic acids is 1. The number of hydrogen-bond donors (Lipinski definition) is 2. The van der Waals surface area contributed by atoms with Crippen LogP contribution < -0.4 is 5.32 Å². The fourth-order valence-electron chi connectivity index (χ4n) is 3.16. The van der Waals surface area contributed by atoms with Gasteiger partial charge in [-0.2, -0.15) is 0 Å². The first-order chi connectivity index (χ1) is 12.4. The van der Waals surface area contributed by atoms with E-state index in [9.17, 15) is 14.4 Å². The molecular weight excluding hydrogens is 336 g/mol. The van der Waals surface area contributed by atoms with E-state index in [2.05, 4.69) is 5.32 Å². The predicted molar refractivity (Wildman–Crippen MR) is 95.6 cm³/mol. The number of aliphatic carboxylic acids is 1. The molecule has 2 rings (SSSR count). The summed E-state index contributed by atoms with van der Waals surface area (Å²) in [6, 6.07) is 9.74. The molecule has 7 nitrogen and oxygen atoms in total. The Hall–Kier alpha value is -2.41. The quantitative estimate of drug-likeness (QED) is 0.725. The maximum absolute atomic E-state index is 12.5. The monoisotopic (exact) mass is 362 g/mol. The predicted octanol–water partition coefficient (Wildman–Crippen LogP) is 1.22. The maximum atomic E-state index is 12.5. The molecule has 26 heavy (non-hydrogen) atoms. The molecule has 0 spiro atoms.